The molecule has 3 aromatic carbocycles. The van der Waals surface area contributed by atoms with Crippen LogP contribution in [-0.4, -0.2) is 37.6 Å². The number of hydrogen-bond acceptors (Lipinski definition) is 5. The first-order valence-corrected chi connectivity index (χ1v) is 14.1. The molecule has 8 nitrogen and oxygen atoms in total. The van der Waals surface area contributed by atoms with Crippen molar-refractivity contribution in [3.05, 3.63) is 95.3 Å². The van der Waals surface area contributed by atoms with Gasteiger partial charge in [-0.15, -0.1) is 0 Å². The highest BCUT2D eigenvalue weighted by Gasteiger charge is 2.32. The number of anilines is 2. The second-order valence-corrected chi connectivity index (χ2v) is 11.0. The summed E-state index contributed by atoms with van der Waals surface area (Å²) in [7, 11) is 0. The second kappa shape index (κ2) is 11.8. The first-order valence-electron chi connectivity index (χ1n) is 13.1. The maximum Gasteiger partial charge on any atom is 0.416 e. The first-order chi connectivity index (χ1) is 20.0. The Hall–Kier alpha value is -4.45. The number of rotatable bonds is 6. The number of carbonyl (C=O) groups excluding carboxylic acids is 2. The zero-order chi connectivity index (χ0) is 30.0. The molecule has 42 heavy (non-hydrogen) atoms. The molecule has 0 atom stereocenters. The largest absolute Gasteiger partial charge is 0.416 e. The fraction of sp³-hybridized carbons (Fsp3) is 0.233. The second-order valence-electron chi connectivity index (χ2n) is 10.1. The van der Waals surface area contributed by atoms with Crippen molar-refractivity contribution < 1.29 is 22.8 Å². The Morgan fingerprint density at radius 2 is 1.79 bits per heavy atom. The summed E-state index contributed by atoms with van der Waals surface area (Å²) >= 11 is 1.22. The van der Waals surface area contributed by atoms with Crippen molar-refractivity contribution >= 4 is 40.2 Å². The van der Waals surface area contributed by atoms with Crippen LogP contribution in [0.1, 0.15) is 42.0 Å². The van der Waals surface area contributed by atoms with Gasteiger partial charge in [-0.25, -0.2) is 14.5 Å². The molecule has 1 N–H and O–H groups in total. The average Bonchev–Trinajstić information content (AvgIpc) is 3.55. The van der Waals surface area contributed by atoms with Gasteiger partial charge in [0.2, 0.25) is 5.91 Å². The third kappa shape index (κ3) is 6.54. The quantitative estimate of drug-likeness (QED) is 0.258. The number of carbonyl (C=O) groups is 2. The Labute approximate surface area is 244 Å². The van der Waals surface area contributed by atoms with Gasteiger partial charge in [0.15, 0.2) is 11.0 Å². The van der Waals surface area contributed by atoms with Crippen LogP contribution in [0.15, 0.2) is 78.0 Å². The van der Waals surface area contributed by atoms with Crippen molar-refractivity contribution in [3.63, 3.8) is 0 Å². The number of halogens is 3. The van der Waals surface area contributed by atoms with Crippen molar-refractivity contribution in [1.29, 1.82) is 0 Å². The van der Waals surface area contributed by atoms with Gasteiger partial charge in [0.1, 0.15) is 6.33 Å². The van der Waals surface area contributed by atoms with E-state index in [1.807, 2.05) is 39.0 Å². The van der Waals surface area contributed by atoms with Crippen LogP contribution in [-0.2, 0) is 17.5 Å². The fourth-order valence-electron chi connectivity index (χ4n) is 4.45. The van der Waals surface area contributed by atoms with E-state index in [0.717, 1.165) is 28.9 Å². The van der Waals surface area contributed by atoms with Gasteiger partial charge in [-0.05, 0) is 72.0 Å². The predicted octanol–water partition coefficient (Wildman–Crippen LogP) is 7.11. The lowest BCUT2D eigenvalue weighted by Gasteiger charge is -2.22. The third-order valence-electron chi connectivity index (χ3n) is 6.57. The van der Waals surface area contributed by atoms with Crippen LogP contribution in [0.4, 0.5) is 29.3 Å². The monoisotopic (exact) mass is 592 g/mol. The van der Waals surface area contributed by atoms with E-state index >= 15 is 0 Å². The van der Waals surface area contributed by atoms with Crippen LogP contribution < -0.4 is 10.2 Å². The zero-order valence-corrected chi connectivity index (χ0v) is 23.8. The van der Waals surface area contributed by atoms with Crippen molar-refractivity contribution in [3.8, 4) is 11.4 Å². The van der Waals surface area contributed by atoms with Crippen LogP contribution in [0, 0.1) is 6.92 Å². The summed E-state index contributed by atoms with van der Waals surface area (Å²) in [6.45, 7) is 6.31. The van der Waals surface area contributed by atoms with Gasteiger partial charge >= 0.3 is 12.2 Å². The number of benzene rings is 3. The summed E-state index contributed by atoms with van der Waals surface area (Å²) < 4.78 is 39.9. The fourth-order valence-corrected chi connectivity index (χ4v) is 5.31. The number of aryl methyl sites for hydroxylation is 1. The molecule has 216 valence electrons. The molecule has 0 spiro atoms. The van der Waals surface area contributed by atoms with Crippen molar-refractivity contribution in [1.82, 2.24) is 14.8 Å². The summed E-state index contributed by atoms with van der Waals surface area (Å²) in [4.78, 5) is 35.6. The topological polar surface area (TPSA) is 92.5 Å². The lowest BCUT2D eigenvalue weighted by molar-refractivity contribution is -0.137. The highest BCUT2D eigenvalue weighted by molar-refractivity contribution is 8.15. The van der Waals surface area contributed by atoms with Gasteiger partial charge in [-0.1, -0.05) is 49.9 Å². The van der Waals surface area contributed by atoms with E-state index in [1.165, 1.54) is 39.8 Å². The molecule has 1 saturated heterocycles. The summed E-state index contributed by atoms with van der Waals surface area (Å²) in [5, 5.41) is 7.47. The van der Waals surface area contributed by atoms with Crippen LogP contribution in [0.3, 0.4) is 0 Å². The lowest BCUT2D eigenvalue weighted by Crippen LogP contribution is -2.31. The minimum atomic E-state index is -4.38. The Morgan fingerprint density at radius 1 is 1.07 bits per heavy atom. The number of aromatic nitrogens is 3. The van der Waals surface area contributed by atoms with E-state index in [9.17, 15) is 22.8 Å². The Kier molecular flexibility index (Phi) is 8.17. The zero-order valence-electron chi connectivity index (χ0n) is 23.0. The van der Waals surface area contributed by atoms with Gasteiger partial charge in [-0.3, -0.25) is 9.69 Å². The molecule has 1 aliphatic rings. The Morgan fingerprint density at radius 3 is 2.45 bits per heavy atom. The normalized spacial score (nSPS) is 14.7. The number of hydrogen-bond donors (Lipinski definition) is 1. The van der Waals surface area contributed by atoms with Crippen LogP contribution in [0.2, 0.25) is 0 Å². The molecule has 12 heteroatoms. The van der Waals surface area contributed by atoms with E-state index in [0.29, 0.717) is 27.8 Å². The standard InChI is InChI=1S/C30H27F3N6O2S/c1-18(2)24-13-4-19(3)14-25(24)39-26(40)16-42-29(39)36-28(41)35-23-11-7-21(8-12-23)27-34-17-38(37-27)15-20-5-9-22(10-6-20)30(31,32)33/h4-14,17-18H,15-16H2,1-3H3,(H,35,41)/b36-29-. The van der Waals surface area contributed by atoms with Crippen molar-refractivity contribution in [2.24, 2.45) is 4.99 Å². The highest BCUT2D eigenvalue weighted by Crippen LogP contribution is 2.34. The molecule has 1 aromatic heterocycles. The predicted molar refractivity (Wildman–Crippen MR) is 158 cm³/mol. The van der Waals surface area contributed by atoms with Gasteiger partial charge in [-0.2, -0.15) is 23.3 Å². The summed E-state index contributed by atoms with van der Waals surface area (Å²) in [6.07, 6.45) is -2.88. The molecule has 4 aromatic rings. The highest BCUT2D eigenvalue weighted by atomic mass is 32.2. The molecular formula is C30H27F3N6O2S. The van der Waals surface area contributed by atoms with Gasteiger partial charge in [0, 0.05) is 11.3 Å². The number of amides is 3. The number of urea groups is 1. The van der Waals surface area contributed by atoms with Gasteiger partial charge in [0.05, 0.1) is 23.5 Å². The van der Waals surface area contributed by atoms with E-state index in [4.69, 9.17) is 0 Å². The molecule has 1 fully saturated rings. The van der Waals surface area contributed by atoms with E-state index in [1.54, 1.807) is 24.3 Å². The summed E-state index contributed by atoms with van der Waals surface area (Å²) in [6, 6.07) is 17.1. The first kappa shape index (κ1) is 29.1. The molecule has 3 amide bonds. The molecule has 2 heterocycles. The molecule has 0 bridgehead atoms. The number of thioether (sulfide) groups is 1. The van der Waals surface area contributed by atoms with E-state index in [-0.39, 0.29) is 24.1 Å². The Bertz CT molecular complexity index is 1650. The molecule has 5 rings (SSSR count). The minimum Gasteiger partial charge on any atom is -0.306 e. The maximum absolute atomic E-state index is 12.8. The van der Waals surface area contributed by atoms with Crippen molar-refractivity contribution in [2.75, 3.05) is 16.0 Å². The molecule has 0 unspecified atom stereocenters. The van der Waals surface area contributed by atoms with E-state index in [2.05, 4.69) is 20.4 Å². The molecule has 0 radical (unpaired) electrons. The number of amidine groups is 1. The number of aliphatic imine (C=N–C) groups is 1. The number of nitrogens with zero attached hydrogens (tertiary/aromatic N) is 5. The maximum atomic E-state index is 12.8. The minimum absolute atomic E-state index is 0.131. The van der Waals surface area contributed by atoms with Crippen LogP contribution >= 0.6 is 11.8 Å². The van der Waals surface area contributed by atoms with Crippen LogP contribution in [0.25, 0.3) is 11.4 Å². The van der Waals surface area contributed by atoms with E-state index < -0.39 is 17.8 Å². The Balaban J connectivity index is 1.25. The molecule has 1 aliphatic heterocycles. The third-order valence-corrected chi connectivity index (χ3v) is 7.49. The lowest BCUT2D eigenvalue weighted by atomic mass is 9.99. The average molecular weight is 593 g/mol. The smallest absolute Gasteiger partial charge is 0.306 e. The SMILES string of the molecule is Cc1ccc(C(C)C)c(N2C(=O)CS/C2=N\C(=O)Nc2ccc(-c3ncn(Cc4ccc(C(F)(F)F)cc4)n3)cc2)c1. The number of nitrogens with one attached hydrogen (secondary N) is 1. The van der Waals surface area contributed by atoms with Crippen LogP contribution in [0.5, 0.6) is 0 Å². The van der Waals surface area contributed by atoms with Crippen molar-refractivity contribution in [2.45, 2.75) is 39.4 Å². The summed E-state index contributed by atoms with van der Waals surface area (Å²) in [5.74, 6) is 0.674. The molecule has 0 aliphatic carbocycles. The molecular weight excluding hydrogens is 565 g/mol. The molecule has 0 saturated carbocycles. The van der Waals surface area contributed by atoms with Gasteiger partial charge in [0.25, 0.3) is 0 Å². The number of alkyl halides is 3. The van der Waals surface area contributed by atoms with Gasteiger partial charge < -0.3 is 5.32 Å². The summed E-state index contributed by atoms with van der Waals surface area (Å²) in [5.41, 5.74) is 3.87.